The number of allylic oxidation sites excluding steroid dienone is 2. The summed E-state index contributed by atoms with van der Waals surface area (Å²) in [5.74, 6) is -0.529. The van der Waals surface area contributed by atoms with Crippen LogP contribution < -0.4 is 0 Å². The summed E-state index contributed by atoms with van der Waals surface area (Å²) in [6.45, 7) is 16.0. The lowest BCUT2D eigenvalue weighted by atomic mass is 9.34. The molecule has 242 valence electrons. The molecule has 5 aliphatic carbocycles. The number of aliphatic carboxylic acids is 1. The highest BCUT2D eigenvalue weighted by Gasteiger charge is 2.71. The first kappa shape index (κ1) is 31.4. The molecule has 4 saturated carbocycles. The molecule has 0 bridgehead atoms. The van der Waals surface area contributed by atoms with Gasteiger partial charge in [-0.15, -0.1) is 0 Å². The monoisotopic (exact) mass is 608 g/mol. The zero-order chi connectivity index (χ0) is 32.2. The van der Waals surface area contributed by atoms with E-state index in [-0.39, 0.29) is 45.1 Å². The van der Waals surface area contributed by atoms with Crippen LogP contribution in [0.3, 0.4) is 0 Å². The number of aliphatic hydroxyl groups excluding tert-OH is 1. The van der Waals surface area contributed by atoms with Crippen LogP contribution in [0, 0.1) is 56.7 Å². The van der Waals surface area contributed by atoms with Crippen LogP contribution in [0.5, 0.6) is 11.5 Å². The zero-order valence-corrected chi connectivity index (χ0v) is 27.5. The smallest absolute Gasteiger partial charge is 0.338 e. The normalized spacial score (nSPS) is 44.1. The Hall–Kier alpha value is -2.54. The molecule has 7 heteroatoms. The van der Waals surface area contributed by atoms with Gasteiger partial charge in [-0.05, 0) is 115 Å². The van der Waals surface area contributed by atoms with Crippen molar-refractivity contribution in [3.05, 3.63) is 35.4 Å². The number of carbonyl (C=O) groups is 2. The first-order valence-corrected chi connectivity index (χ1v) is 16.8. The standard InChI is InChI=1S/C37H52O7/c1-20(2)22-12-15-37(32(42)43)17-16-35(6)23(29(22)37)9-11-28-34(5)19-26(40)30(33(3,4)27(34)13-14-36(28,35)7)44-31(41)21-8-10-24(38)25(39)18-21/h8-10,18,20,22,26-30,38-40H,11-17,19H2,1-7H3,(H,42,43)/t22-,26+,27+,28+,29-,30-,34-,35+,36+,37-/m0/s1. The lowest BCUT2D eigenvalue weighted by molar-refractivity contribution is -0.230. The summed E-state index contributed by atoms with van der Waals surface area (Å²) in [7, 11) is 0. The van der Waals surface area contributed by atoms with Gasteiger partial charge < -0.3 is 25.2 Å². The average Bonchev–Trinajstić information content (AvgIpc) is 3.34. The Balaban J connectivity index is 1.34. The van der Waals surface area contributed by atoms with Crippen molar-refractivity contribution in [2.45, 2.75) is 112 Å². The highest BCUT2D eigenvalue weighted by Crippen LogP contribution is 2.76. The summed E-state index contributed by atoms with van der Waals surface area (Å²) >= 11 is 0. The van der Waals surface area contributed by atoms with E-state index in [1.54, 1.807) is 0 Å². The van der Waals surface area contributed by atoms with Crippen molar-refractivity contribution in [3.63, 3.8) is 0 Å². The van der Waals surface area contributed by atoms with Gasteiger partial charge in [0.2, 0.25) is 0 Å². The van der Waals surface area contributed by atoms with Crippen LogP contribution in [0.25, 0.3) is 0 Å². The number of aliphatic hydroxyl groups is 1. The second-order valence-electron chi connectivity index (χ2n) is 16.8. The largest absolute Gasteiger partial charge is 0.504 e. The van der Waals surface area contributed by atoms with Crippen LogP contribution in [0.2, 0.25) is 0 Å². The van der Waals surface area contributed by atoms with Gasteiger partial charge in [0, 0.05) is 5.41 Å². The predicted molar refractivity (Wildman–Crippen MR) is 167 cm³/mol. The highest BCUT2D eigenvalue weighted by molar-refractivity contribution is 5.90. The van der Waals surface area contributed by atoms with Crippen LogP contribution in [-0.2, 0) is 9.53 Å². The molecule has 1 aromatic carbocycles. The SMILES string of the molecule is CC(C)[C@@H]1CC[C@]2(C(=O)O)CC[C@]3(C)C(=CC[C@@H]4[C@@]5(C)C[C@@H](O)[C@H](OC(=O)c6ccc(O)c(O)c6)C(C)(C)[C@H]5CC[C@]43C)[C@H]12. The van der Waals surface area contributed by atoms with E-state index in [4.69, 9.17) is 4.74 Å². The molecule has 0 aromatic heterocycles. The van der Waals surface area contributed by atoms with E-state index in [9.17, 15) is 30.0 Å². The lowest BCUT2D eigenvalue weighted by Crippen LogP contribution is -2.67. The number of phenols is 2. The Kier molecular flexibility index (Phi) is 7.13. The Morgan fingerprint density at radius 3 is 2.27 bits per heavy atom. The number of esters is 1. The number of carbonyl (C=O) groups excluding carboxylic acids is 1. The van der Waals surface area contributed by atoms with Crippen LogP contribution in [0.4, 0.5) is 0 Å². The van der Waals surface area contributed by atoms with Gasteiger partial charge in [0.25, 0.3) is 0 Å². The molecule has 0 spiro atoms. The number of carboxylic acids is 1. The number of fused-ring (bicyclic) bond motifs is 7. The van der Waals surface area contributed by atoms with Gasteiger partial charge in [0.15, 0.2) is 11.5 Å². The van der Waals surface area contributed by atoms with Crippen LogP contribution in [-0.4, -0.2) is 44.6 Å². The van der Waals surface area contributed by atoms with Crippen molar-refractivity contribution < 1.29 is 34.8 Å². The molecule has 0 saturated heterocycles. The lowest BCUT2D eigenvalue weighted by Gasteiger charge is -2.71. The number of ether oxygens (including phenoxy) is 1. The maximum atomic E-state index is 13.2. The molecule has 6 rings (SSSR count). The predicted octanol–water partition coefficient (Wildman–Crippen LogP) is 7.34. The molecule has 0 amide bonds. The van der Waals surface area contributed by atoms with Gasteiger partial charge in [0.1, 0.15) is 6.10 Å². The summed E-state index contributed by atoms with van der Waals surface area (Å²) in [6.07, 6.45) is 7.60. The maximum Gasteiger partial charge on any atom is 0.338 e. The summed E-state index contributed by atoms with van der Waals surface area (Å²) in [6, 6.07) is 3.87. The molecule has 10 atom stereocenters. The Bertz CT molecular complexity index is 1400. The van der Waals surface area contributed by atoms with E-state index in [2.05, 4.69) is 54.5 Å². The highest BCUT2D eigenvalue weighted by atomic mass is 16.6. The summed E-state index contributed by atoms with van der Waals surface area (Å²) < 4.78 is 6.03. The van der Waals surface area contributed by atoms with Crippen LogP contribution in [0.15, 0.2) is 29.8 Å². The fraction of sp³-hybridized carbons (Fsp3) is 0.730. The number of phenolic OH excluding ortho intramolecular Hbond substituents is 2. The molecule has 0 aliphatic heterocycles. The second kappa shape index (κ2) is 9.98. The minimum Gasteiger partial charge on any atom is -0.504 e. The molecular formula is C37H52O7. The van der Waals surface area contributed by atoms with Crippen molar-refractivity contribution in [3.8, 4) is 11.5 Å². The third-order valence-corrected chi connectivity index (χ3v) is 14.5. The van der Waals surface area contributed by atoms with Gasteiger partial charge in [-0.3, -0.25) is 4.79 Å². The van der Waals surface area contributed by atoms with Crippen molar-refractivity contribution in [1.82, 2.24) is 0 Å². The Labute approximate surface area is 262 Å². The maximum absolute atomic E-state index is 13.2. The fourth-order valence-corrected chi connectivity index (χ4v) is 12.1. The average molecular weight is 609 g/mol. The molecule has 7 nitrogen and oxygen atoms in total. The molecule has 0 unspecified atom stereocenters. The summed E-state index contributed by atoms with van der Waals surface area (Å²) in [4.78, 5) is 26.1. The van der Waals surface area contributed by atoms with E-state index < -0.39 is 35.0 Å². The number of carboxylic acid groups (broad SMARTS) is 1. The van der Waals surface area contributed by atoms with Crippen molar-refractivity contribution in [1.29, 1.82) is 0 Å². The molecular weight excluding hydrogens is 556 g/mol. The van der Waals surface area contributed by atoms with Gasteiger partial charge in [-0.1, -0.05) is 60.1 Å². The first-order chi connectivity index (χ1) is 20.4. The molecule has 44 heavy (non-hydrogen) atoms. The summed E-state index contributed by atoms with van der Waals surface area (Å²) in [5, 5.41) is 42.0. The van der Waals surface area contributed by atoms with E-state index in [0.717, 1.165) is 44.9 Å². The topological polar surface area (TPSA) is 124 Å². The van der Waals surface area contributed by atoms with Crippen molar-refractivity contribution >= 4 is 11.9 Å². The quantitative estimate of drug-likeness (QED) is 0.160. The van der Waals surface area contributed by atoms with E-state index in [0.29, 0.717) is 24.2 Å². The van der Waals surface area contributed by atoms with Gasteiger partial charge >= 0.3 is 11.9 Å². The number of benzene rings is 1. The first-order valence-electron chi connectivity index (χ1n) is 16.8. The molecule has 0 heterocycles. The number of hydrogen-bond acceptors (Lipinski definition) is 6. The molecule has 5 aliphatic rings. The molecule has 4 N–H and O–H groups in total. The van der Waals surface area contributed by atoms with Crippen molar-refractivity contribution in [2.75, 3.05) is 0 Å². The number of aromatic hydroxyl groups is 2. The number of rotatable bonds is 4. The Morgan fingerprint density at radius 1 is 0.932 bits per heavy atom. The summed E-state index contributed by atoms with van der Waals surface area (Å²) in [5.41, 5.74) is 0.0278. The second-order valence-corrected chi connectivity index (χ2v) is 16.8. The van der Waals surface area contributed by atoms with Crippen LogP contribution >= 0.6 is 0 Å². The van der Waals surface area contributed by atoms with E-state index in [1.807, 2.05) is 0 Å². The van der Waals surface area contributed by atoms with Gasteiger partial charge in [-0.2, -0.15) is 0 Å². The Morgan fingerprint density at radius 2 is 1.64 bits per heavy atom. The fourth-order valence-electron chi connectivity index (χ4n) is 12.1. The molecule has 4 fully saturated rings. The molecule has 1 aromatic rings. The zero-order valence-electron chi connectivity index (χ0n) is 27.5. The van der Waals surface area contributed by atoms with E-state index >= 15 is 0 Å². The van der Waals surface area contributed by atoms with Crippen molar-refractivity contribution in [2.24, 2.45) is 56.7 Å². The third kappa shape index (κ3) is 4.02. The minimum atomic E-state index is -0.854. The minimum absolute atomic E-state index is 0.0417. The number of hydrogen-bond donors (Lipinski definition) is 4. The molecule has 0 radical (unpaired) electrons. The van der Waals surface area contributed by atoms with Gasteiger partial charge in [-0.25, -0.2) is 4.79 Å². The van der Waals surface area contributed by atoms with Crippen LogP contribution in [0.1, 0.15) is 110 Å². The van der Waals surface area contributed by atoms with E-state index in [1.165, 1.54) is 23.8 Å². The third-order valence-electron chi connectivity index (χ3n) is 14.5. The van der Waals surface area contributed by atoms with Gasteiger partial charge in [0.05, 0.1) is 17.1 Å².